The number of aromatic nitrogens is 1. The van der Waals surface area contributed by atoms with Crippen LogP contribution in [0.4, 0.5) is 10.5 Å². The quantitative estimate of drug-likeness (QED) is 0.816. The van der Waals surface area contributed by atoms with Gasteiger partial charge < -0.3 is 19.7 Å². The molecule has 1 saturated heterocycles. The number of carbonyl (C=O) groups excluding carboxylic acids is 1. The number of rotatable bonds is 2. The van der Waals surface area contributed by atoms with E-state index in [1.54, 1.807) is 32.9 Å². The normalized spacial score (nSPS) is 15.5. The maximum Gasteiger partial charge on any atom is 0.506 e. The highest BCUT2D eigenvalue weighted by molar-refractivity contribution is 6.59. The minimum Gasteiger partial charge on any atom is -0.443 e. The first-order chi connectivity index (χ1) is 11.8. The zero-order chi connectivity index (χ0) is 18.2. The lowest BCUT2D eigenvalue weighted by Gasteiger charge is -2.29. The summed E-state index contributed by atoms with van der Waals surface area (Å²) in [6.45, 7) is 7.28. The second-order valence-corrected chi connectivity index (χ2v) is 7.52. The van der Waals surface area contributed by atoms with Gasteiger partial charge in [0.15, 0.2) is 0 Å². The maximum absolute atomic E-state index is 12.7. The van der Waals surface area contributed by atoms with Gasteiger partial charge in [-0.3, -0.25) is 4.57 Å². The van der Waals surface area contributed by atoms with Crippen molar-refractivity contribution in [2.45, 2.75) is 45.6 Å². The summed E-state index contributed by atoms with van der Waals surface area (Å²) in [5.74, 6) is 0. The van der Waals surface area contributed by atoms with Crippen LogP contribution in [-0.4, -0.2) is 46.5 Å². The molecule has 0 bridgehead atoms. The summed E-state index contributed by atoms with van der Waals surface area (Å²) in [7, 11) is -1.76. The number of benzene rings is 1. The fraction of sp³-hybridized carbons (Fsp3) is 0.500. The largest absolute Gasteiger partial charge is 0.506 e. The number of hydrogen-bond acceptors (Lipinski definition) is 5. The van der Waals surface area contributed by atoms with Gasteiger partial charge in [-0.05, 0) is 58.2 Å². The predicted octanol–water partition coefficient (Wildman–Crippen LogP) is 2.09. The first kappa shape index (κ1) is 17.8. The topological polar surface area (TPSA) is 74.9 Å². The Balaban J connectivity index is 2.12. The van der Waals surface area contributed by atoms with Crippen LogP contribution in [0.3, 0.4) is 0 Å². The van der Waals surface area contributed by atoms with Crippen LogP contribution in [0.1, 0.15) is 40.0 Å². The van der Waals surface area contributed by atoms with Crippen LogP contribution >= 0.6 is 0 Å². The van der Waals surface area contributed by atoms with Crippen LogP contribution in [0, 0.1) is 0 Å². The molecule has 0 amide bonds. The Morgan fingerprint density at radius 1 is 1.16 bits per heavy atom. The number of fused-ring (bicyclic) bond motifs is 1. The van der Waals surface area contributed by atoms with Gasteiger partial charge in [0.25, 0.3) is 0 Å². The van der Waals surface area contributed by atoms with E-state index in [0.717, 1.165) is 37.0 Å². The van der Waals surface area contributed by atoms with Gasteiger partial charge in [-0.1, -0.05) is 6.07 Å². The predicted molar refractivity (Wildman–Crippen MR) is 99.5 cm³/mol. The van der Waals surface area contributed by atoms with Crippen molar-refractivity contribution >= 4 is 35.4 Å². The third-order valence-electron chi connectivity index (χ3n) is 4.39. The Morgan fingerprint density at radius 2 is 1.84 bits per heavy atom. The number of nitrogens with zero attached hydrogens (tertiary/aromatic N) is 2. The summed E-state index contributed by atoms with van der Waals surface area (Å²) >= 11 is 0. The van der Waals surface area contributed by atoms with E-state index in [2.05, 4.69) is 4.90 Å². The molecule has 3 rings (SSSR count). The zero-order valence-corrected chi connectivity index (χ0v) is 15.0. The van der Waals surface area contributed by atoms with Gasteiger partial charge in [-0.2, -0.15) is 0 Å². The molecule has 6 nitrogen and oxygen atoms in total. The minimum atomic E-state index is -1.76. The van der Waals surface area contributed by atoms with Crippen LogP contribution in [-0.2, 0) is 4.74 Å². The molecule has 0 spiro atoms. The zero-order valence-electron chi connectivity index (χ0n) is 15.0. The molecule has 1 aliphatic heterocycles. The second-order valence-electron chi connectivity index (χ2n) is 7.52. The summed E-state index contributed by atoms with van der Waals surface area (Å²) in [4.78, 5) is 14.9. The van der Waals surface area contributed by atoms with Gasteiger partial charge in [0, 0.05) is 24.2 Å². The van der Waals surface area contributed by atoms with E-state index in [1.807, 2.05) is 12.1 Å². The number of piperidine rings is 1. The van der Waals surface area contributed by atoms with Crippen LogP contribution in [0.15, 0.2) is 24.3 Å². The molecule has 25 heavy (non-hydrogen) atoms. The van der Waals surface area contributed by atoms with Crippen molar-refractivity contribution in [1.82, 2.24) is 4.57 Å². The first-order valence-electron chi connectivity index (χ1n) is 8.77. The van der Waals surface area contributed by atoms with Crippen molar-refractivity contribution in [2.24, 2.45) is 0 Å². The van der Waals surface area contributed by atoms with Crippen LogP contribution < -0.4 is 10.5 Å². The van der Waals surface area contributed by atoms with Crippen LogP contribution in [0.5, 0.6) is 0 Å². The van der Waals surface area contributed by atoms with Crippen molar-refractivity contribution in [3.63, 3.8) is 0 Å². The van der Waals surface area contributed by atoms with E-state index < -0.39 is 18.8 Å². The average molecular weight is 344 g/mol. The van der Waals surface area contributed by atoms with Gasteiger partial charge in [-0.15, -0.1) is 0 Å². The maximum atomic E-state index is 12.7. The Bertz CT molecular complexity index is 773. The number of carbonyl (C=O) groups is 1. The highest BCUT2D eigenvalue weighted by Crippen LogP contribution is 2.29. The van der Waals surface area contributed by atoms with Gasteiger partial charge in [0.1, 0.15) is 5.60 Å². The van der Waals surface area contributed by atoms with Gasteiger partial charge >= 0.3 is 13.2 Å². The van der Waals surface area contributed by atoms with Crippen molar-refractivity contribution in [1.29, 1.82) is 0 Å². The van der Waals surface area contributed by atoms with E-state index in [4.69, 9.17) is 4.74 Å². The lowest BCUT2D eigenvalue weighted by atomic mass is 9.86. The molecular weight excluding hydrogens is 319 g/mol. The van der Waals surface area contributed by atoms with E-state index in [0.29, 0.717) is 5.52 Å². The van der Waals surface area contributed by atoms with Crippen LogP contribution in [0.2, 0.25) is 0 Å². The number of anilines is 1. The Kier molecular flexibility index (Phi) is 4.80. The molecule has 1 aromatic heterocycles. The van der Waals surface area contributed by atoms with E-state index in [-0.39, 0.29) is 5.59 Å². The third-order valence-corrected chi connectivity index (χ3v) is 4.39. The number of hydrogen-bond donors (Lipinski definition) is 2. The monoisotopic (exact) mass is 344 g/mol. The molecule has 2 aromatic rings. The minimum absolute atomic E-state index is 0.119. The fourth-order valence-corrected chi connectivity index (χ4v) is 3.35. The third kappa shape index (κ3) is 3.67. The summed E-state index contributed by atoms with van der Waals surface area (Å²) in [5.41, 5.74) is 1.09. The smallest absolute Gasteiger partial charge is 0.443 e. The number of ether oxygens (including phenoxy) is 1. The molecule has 1 fully saturated rings. The molecular formula is C18H25BN2O4. The summed E-state index contributed by atoms with van der Waals surface area (Å²) in [6.07, 6.45) is 2.89. The van der Waals surface area contributed by atoms with E-state index >= 15 is 0 Å². The van der Waals surface area contributed by atoms with Crippen molar-refractivity contribution in [3.05, 3.63) is 24.3 Å². The molecule has 1 aliphatic rings. The lowest BCUT2D eigenvalue weighted by molar-refractivity contribution is 0.0547. The van der Waals surface area contributed by atoms with Crippen molar-refractivity contribution < 1.29 is 19.6 Å². The molecule has 0 radical (unpaired) electrons. The average Bonchev–Trinajstić information content (AvgIpc) is 2.94. The summed E-state index contributed by atoms with van der Waals surface area (Å²) in [5, 5.41) is 20.4. The highest BCUT2D eigenvalue weighted by atomic mass is 16.6. The van der Waals surface area contributed by atoms with Gasteiger partial charge in [-0.25, -0.2) is 4.79 Å². The van der Waals surface area contributed by atoms with Gasteiger partial charge in [0.2, 0.25) is 0 Å². The molecule has 2 N–H and O–H groups in total. The van der Waals surface area contributed by atoms with E-state index in [9.17, 15) is 14.8 Å². The molecule has 1 aromatic carbocycles. The summed E-state index contributed by atoms with van der Waals surface area (Å²) in [6, 6.07) is 7.38. The molecule has 0 aliphatic carbocycles. The lowest BCUT2D eigenvalue weighted by Crippen LogP contribution is -2.40. The molecule has 7 heteroatoms. The standard InChI is InChI=1S/C18H25BN2O4/c1-18(2,3)25-17(22)21-15-9-7-8-14(20-10-5-4-6-11-20)13(15)12-16(21)19(23)24/h7-9,12,23-24H,4-6,10-11H2,1-3H3. The Hall–Kier alpha value is -1.99. The second kappa shape index (κ2) is 6.73. The van der Waals surface area contributed by atoms with Crippen molar-refractivity contribution in [2.75, 3.05) is 18.0 Å². The molecule has 2 heterocycles. The SMILES string of the molecule is CC(C)(C)OC(=O)n1c(B(O)O)cc2c(N3CCCCC3)cccc21. The molecule has 134 valence electrons. The first-order valence-corrected chi connectivity index (χ1v) is 8.77. The summed E-state index contributed by atoms with van der Waals surface area (Å²) < 4.78 is 6.72. The fourth-order valence-electron chi connectivity index (χ4n) is 3.35. The Labute approximate surface area is 148 Å². The molecule has 0 atom stereocenters. The molecule has 0 saturated carbocycles. The van der Waals surface area contributed by atoms with E-state index in [1.165, 1.54) is 11.0 Å². The van der Waals surface area contributed by atoms with Gasteiger partial charge in [0.05, 0.1) is 11.1 Å². The van der Waals surface area contributed by atoms with Crippen LogP contribution in [0.25, 0.3) is 10.9 Å². The Morgan fingerprint density at radius 3 is 2.44 bits per heavy atom. The van der Waals surface area contributed by atoms with Crippen molar-refractivity contribution in [3.8, 4) is 0 Å². The molecule has 0 unspecified atom stereocenters. The highest BCUT2D eigenvalue weighted by Gasteiger charge is 2.28.